The van der Waals surface area contributed by atoms with Crippen molar-refractivity contribution in [3.05, 3.63) is 35.6 Å². The maximum Gasteiger partial charge on any atom is 0.123 e. The molecule has 2 atom stereocenters. The Kier molecular flexibility index (Phi) is 3.79. The zero-order valence-electron chi connectivity index (χ0n) is 10.5. The molecule has 2 nitrogen and oxygen atoms in total. The van der Waals surface area contributed by atoms with E-state index in [1.54, 1.807) is 12.1 Å². The van der Waals surface area contributed by atoms with E-state index in [1.807, 2.05) is 6.07 Å². The van der Waals surface area contributed by atoms with Crippen LogP contribution in [0.3, 0.4) is 0 Å². The average molecular weight is 237 g/mol. The van der Waals surface area contributed by atoms with Crippen LogP contribution in [0.5, 0.6) is 0 Å². The summed E-state index contributed by atoms with van der Waals surface area (Å²) in [4.78, 5) is 0. The molecule has 0 aromatic heterocycles. The number of hydrogen-bond acceptors (Lipinski definition) is 2. The van der Waals surface area contributed by atoms with Gasteiger partial charge in [0.15, 0.2) is 0 Å². The fourth-order valence-electron chi connectivity index (χ4n) is 2.14. The van der Waals surface area contributed by atoms with Gasteiger partial charge in [0.25, 0.3) is 0 Å². The van der Waals surface area contributed by atoms with Gasteiger partial charge in [-0.2, -0.15) is 0 Å². The predicted molar refractivity (Wildman–Crippen MR) is 66.4 cm³/mol. The lowest BCUT2D eigenvalue weighted by Gasteiger charge is -2.27. The summed E-state index contributed by atoms with van der Waals surface area (Å²) >= 11 is 0. The van der Waals surface area contributed by atoms with Gasteiger partial charge in [-0.15, -0.1) is 0 Å². The highest BCUT2D eigenvalue weighted by molar-refractivity contribution is 5.19. The Morgan fingerprint density at radius 1 is 1.53 bits per heavy atom. The quantitative estimate of drug-likeness (QED) is 0.853. The van der Waals surface area contributed by atoms with Crippen molar-refractivity contribution in [2.45, 2.75) is 38.3 Å². The van der Waals surface area contributed by atoms with Gasteiger partial charge in [-0.3, -0.25) is 0 Å². The van der Waals surface area contributed by atoms with Crippen molar-refractivity contribution < 1.29 is 9.13 Å². The summed E-state index contributed by atoms with van der Waals surface area (Å²) in [5.74, 6) is -0.200. The first kappa shape index (κ1) is 12.5. The topological polar surface area (TPSA) is 21.3 Å². The molecule has 94 valence electrons. The minimum atomic E-state index is -0.200. The number of rotatable bonds is 2. The van der Waals surface area contributed by atoms with E-state index in [1.165, 1.54) is 6.07 Å². The van der Waals surface area contributed by atoms with E-state index in [0.29, 0.717) is 0 Å². The monoisotopic (exact) mass is 237 g/mol. The highest BCUT2D eigenvalue weighted by Crippen LogP contribution is 2.25. The van der Waals surface area contributed by atoms with Gasteiger partial charge in [-0.1, -0.05) is 19.1 Å². The van der Waals surface area contributed by atoms with Crippen molar-refractivity contribution in [3.8, 4) is 0 Å². The molecule has 1 saturated heterocycles. The van der Waals surface area contributed by atoms with Crippen molar-refractivity contribution in [3.63, 3.8) is 0 Å². The second kappa shape index (κ2) is 5.15. The standard InChI is InChI=1S/C14H20FNO/c1-3-14(2)7-8-17-13(10-16-14)11-5-4-6-12(15)9-11/h4-6,9,13,16H,3,7-8,10H2,1-2H3. The van der Waals surface area contributed by atoms with Gasteiger partial charge in [-0.05, 0) is 37.5 Å². The van der Waals surface area contributed by atoms with Crippen LogP contribution in [0.25, 0.3) is 0 Å². The van der Waals surface area contributed by atoms with Crippen molar-refractivity contribution in [2.24, 2.45) is 0 Å². The molecule has 1 aliphatic rings. The smallest absolute Gasteiger partial charge is 0.123 e. The lowest BCUT2D eigenvalue weighted by Crippen LogP contribution is -2.42. The highest BCUT2D eigenvalue weighted by Gasteiger charge is 2.27. The molecule has 17 heavy (non-hydrogen) atoms. The number of benzene rings is 1. The molecule has 0 spiro atoms. The van der Waals surface area contributed by atoms with E-state index in [0.717, 1.165) is 31.6 Å². The van der Waals surface area contributed by atoms with E-state index in [9.17, 15) is 4.39 Å². The fourth-order valence-corrected chi connectivity index (χ4v) is 2.14. The van der Waals surface area contributed by atoms with Crippen LogP contribution in [0.15, 0.2) is 24.3 Å². The summed E-state index contributed by atoms with van der Waals surface area (Å²) in [6.45, 7) is 5.85. The Bertz CT molecular complexity index is 382. The number of hydrogen-bond donors (Lipinski definition) is 1. The Hall–Kier alpha value is -0.930. The summed E-state index contributed by atoms with van der Waals surface area (Å²) in [6, 6.07) is 6.67. The molecule has 2 unspecified atom stereocenters. The summed E-state index contributed by atoms with van der Waals surface area (Å²) in [6.07, 6.45) is 2.03. The Balaban J connectivity index is 2.09. The normalized spacial score (nSPS) is 29.9. The van der Waals surface area contributed by atoms with Crippen LogP contribution in [0.1, 0.15) is 38.4 Å². The Labute approximate surface area is 102 Å². The predicted octanol–water partition coefficient (Wildman–Crippen LogP) is 3.05. The Morgan fingerprint density at radius 2 is 2.35 bits per heavy atom. The van der Waals surface area contributed by atoms with Crippen molar-refractivity contribution in [1.29, 1.82) is 0 Å². The first-order chi connectivity index (χ1) is 8.13. The molecular formula is C14H20FNO. The average Bonchev–Trinajstić information content (AvgIpc) is 2.52. The van der Waals surface area contributed by atoms with E-state index in [4.69, 9.17) is 4.74 Å². The van der Waals surface area contributed by atoms with Crippen LogP contribution in [0.2, 0.25) is 0 Å². The second-order valence-electron chi connectivity index (χ2n) is 4.96. The van der Waals surface area contributed by atoms with Gasteiger partial charge in [0, 0.05) is 18.7 Å². The maximum atomic E-state index is 13.2. The van der Waals surface area contributed by atoms with Crippen molar-refractivity contribution in [2.75, 3.05) is 13.2 Å². The van der Waals surface area contributed by atoms with Gasteiger partial charge in [-0.25, -0.2) is 4.39 Å². The fraction of sp³-hybridized carbons (Fsp3) is 0.571. The molecule has 3 heteroatoms. The molecule has 0 radical (unpaired) electrons. The molecule has 1 heterocycles. The summed E-state index contributed by atoms with van der Waals surface area (Å²) in [5.41, 5.74) is 1.06. The second-order valence-corrected chi connectivity index (χ2v) is 4.96. The van der Waals surface area contributed by atoms with Gasteiger partial charge >= 0.3 is 0 Å². The van der Waals surface area contributed by atoms with E-state index in [2.05, 4.69) is 19.2 Å². The molecular weight excluding hydrogens is 217 g/mol. The van der Waals surface area contributed by atoms with Crippen LogP contribution in [-0.4, -0.2) is 18.7 Å². The van der Waals surface area contributed by atoms with Crippen LogP contribution >= 0.6 is 0 Å². The van der Waals surface area contributed by atoms with E-state index < -0.39 is 0 Å². The number of nitrogens with one attached hydrogen (secondary N) is 1. The van der Waals surface area contributed by atoms with Gasteiger partial charge in [0.2, 0.25) is 0 Å². The van der Waals surface area contributed by atoms with Crippen molar-refractivity contribution >= 4 is 0 Å². The SMILES string of the molecule is CCC1(C)CCOC(c2cccc(F)c2)CN1. The lowest BCUT2D eigenvalue weighted by atomic mass is 9.95. The lowest BCUT2D eigenvalue weighted by molar-refractivity contribution is 0.0651. The molecule has 1 aromatic carbocycles. The van der Waals surface area contributed by atoms with E-state index >= 15 is 0 Å². The van der Waals surface area contributed by atoms with E-state index in [-0.39, 0.29) is 17.5 Å². The minimum absolute atomic E-state index is 0.0425. The zero-order chi connectivity index (χ0) is 12.3. The van der Waals surface area contributed by atoms with Crippen LogP contribution in [-0.2, 0) is 4.74 Å². The molecule has 1 fully saturated rings. The maximum absolute atomic E-state index is 13.2. The third kappa shape index (κ3) is 3.05. The molecule has 0 amide bonds. The molecule has 1 aromatic rings. The first-order valence-corrected chi connectivity index (χ1v) is 6.25. The van der Waals surface area contributed by atoms with Crippen molar-refractivity contribution in [1.82, 2.24) is 5.32 Å². The molecule has 1 aliphatic heterocycles. The van der Waals surface area contributed by atoms with Crippen LogP contribution in [0.4, 0.5) is 4.39 Å². The molecule has 0 saturated carbocycles. The zero-order valence-corrected chi connectivity index (χ0v) is 10.5. The van der Waals surface area contributed by atoms with Gasteiger partial charge < -0.3 is 10.1 Å². The Morgan fingerprint density at radius 3 is 3.06 bits per heavy atom. The summed E-state index contributed by atoms with van der Waals surface area (Å²) < 4.78 is 19.0. The molecule has 2 rings (SSSR count). The third-order valence-corrected chi connectivity index (χ3v) is 3.69. The number of halogens is 1. The molecule has 0 bridgehead atoms. The minimum Gasteiger partial charge on any atom is -0.372 e. The van der Waals surface area contributed by atoms with Crippen LogP contribution in [0, 0.1) is 5.82 Å². The molecule has 0 aliphatic carbocycles. The number of ether oxygens (including phenoxy) is 1. The van der Waals surface area contributed by atoms with Crippen LogP contribution < -0.4 is 5.32 Å². The summed E-state index contributed by atoms with van der Waals surface area (Å²) in [5, 5.41) is 3.53. The van der Waals surface area contributed by atoms with Gasteiger partial charge in [0.1, 0.15) is 5.82 Å². The largest absolute Gasteiger partial charge is 0.372 e. The summed E-state index contributed by atoms with van der Waals surface area (Å²) in [7, 11) is 0. The first-order valence-electron chi connectivity index (χ1n) is 6.25. The third-order valence-electron chi connectivity index (χ3n) is 3.69. The highest BCUT2D eigenvalue weighted by atomic mass is 19.1. The van der Waals surface area contributed by atoms with Gasteiger partial charge in [0.05, 0.1) is 6.10 Å². The molecule has 1 N–H and O–H groups in total.